The molecule has 3 aromatic carbocycles. The molecule has 1 amide bonds. The van der Waals surface area contributed by atoms with Gasteiger partial charge in [0, 0.05) is 22.1 Å². The molecular weight excluding hydrogens is 523 g/mol. The monoisotopic (exact) mass is 544 g/mol. The van der Waals surface area contributed by atoms with Crippen LogP contribution in [0.1, 0.15) is 22.8 Å². The number of hydrogen-bond acceptors (Lipinski definition) is 4. The number of fused-ring (bicyclic) bond motifs is 1. The van der Waals surface area contributed by atoms with Crippen molar-refractivity contribution < 1.29 is 13.9 Å². The van der Waals surface area contributed by atoms with Crippen LogP contribution >= 0.6 is 15.9 Å². The maximum atomic E-state index is 13.5. The number of benzene rings is 3. The van der Waals surface area contributed by atoms with Crippen LogP contribution in [0.4, 0.5) is 4.39 Å². The number of rotatable bonds is 7. The molecule has 0 aliphatic carbocycles. The molecule has 5 rings (SSSR count). The van der Waals surface area contributed by atoms with Gasteiger partial charge in [0.25, 0.3) is 5.91 Å². The Bertz CT molecular complexity index is 1520. The van der Waals surface area contributed by atoms with Crippen molar-refractivity contribution in [1.82, 2.24) is 20.5 Å². The Hall–Kier alpha value is -4.04. The van der Waals surface area contributed by atoms with Crippen molar-refractivity contribution in [2.75, 3.05) is 6.61 Å². The molecule has 0 aliphatic heterocycles. The summed E-state index contributed by atoms with van der Waals surface area (Å²) in [5.74, 6) is 0.161. The van der Waals surface area contributed by atoms with E-state index < -0.39 is 0 Å². The van der Waals surface area contributed by atoms with Gasteiger partial charge in [-0.05, 0) is 67.1 Å². The normalized spacial score (nSPS) is 11.0. The van der Waals surface area contributed by atoms with Gasteiger partial charge in [0.1, 0.15) is 11.6 Å². The van der Waals surface area contributed by atoms with Crippen LogP contribution in [0.25, 0.3) is 33.5 Å². The van der Waals surface area contributed by atoms with E-state index in [0.717, 1.165) is 26.9 Å². The fourth-order valence-electron chi connectivity index (χ4n) is 3.94. The molecular formula is C28H22BrFN4O2. The molecule has 0 aliphatic rings. The second-order valence-electron chi connectivity index (χ2n) is 8.13. The Balaban J connectivity index is 1.57. The fraction of sp³-hybridized carbons (Fsp3) is 0.107. The van der Waals surface area contributed by atoms with Gasteiger partial charge >= 0.3 is 0 Å². The Morgan fingerprint density at radius 1 is 1.00 bits per heavy atom. The minimum absolute atomic E-state index is 0.257. The zero-order valence-corrected chi connectivity index (χ0v) is 21.0. The largest absolute Gasteiger partial charge is 0.494 e. The number of halogens is 2. The molecule has 36 heavy (non-hydrogen) atoms. The lowest BCUT2D eigenvalue weighted by molar-refractivity contribution is 0.0952. The molecule has 0 unspecified atom stereocenters. The highest BCUT2D eigenvalue weighted by atomic mass is 79.9. The lowest BCUT2D eigenvalue weighted by atomic mass is 10.0. The minimum Gasteiger partial charge on any atom is -0.494 e. The summed E-state index contributed by atoms with van der Waals surface area (Å²) in [7, 11) is 0. The smallest absolute Gasteiger partial charge is 0.252 e. The quantitative estimate of drug-likeness (QED) is 0.244. The molecule has 8 heteroatoms. The summed E-state index contributed by atoms with van der Waals surface area (Å²) in [6.45, 7) is 2.77. The van der Waals surface area contributed by atoms with Crippen LogP contribution in [-0.4, -0.2) is 27.7 Å². The zero-order valence-electron chi connectivity index (χ0n) is 19.4. The summed E-state index contributed by atoms with van der Waals surface area (Å²) in [5, 5.41) is 11.1. The van der Waals surface area contributed by atoms with E-state index in [1.54, 1.807) is 18.2 Å². The first kappa shape index (κ1) is 23.7. The summed E-state index contributed by atoms with van der Waals surface area (Å²) in [5.41, 5.74) is 4.71. The van der Waals surface area contributed by atoms with Gasteiger partial charge in [0.2, 0.25) is 0 Å². The molecule has 180 valence electrons. The maximum absolute atomic E-state index is 13.5. The number of nitrogens with zero attached hydrogens (tertiary/aromatic N) is 2. The molecule has 2 heterocycles. The van der Waals surface area contributed by atoms with Crippen molar-refractivity contribution in [3.05, 3.63) is 100 Å². The molecule has 0 saturated heterocycles. The number of hydrogen-bond donors (Lipinski definition) is 2. The first-order chi connectivity index (χ1) is 17.5. The van der Waals surface area contributed by atoms with Crippen molar-refractivity contribution in [2.24, 2.45) is 0 Å². The molecule has 0 fully saturated rings. The SMILES string of the molecule is CCOc1ccc(-c2cc(C(=O)NCc3ccc(F)cc3)c3c(-c4ccc(Br)cc4)[nH]nc3n2)cc1. The van der Waals surface area contributed by atoms with Gasteiger partial charge in [0.15, 0.2) is 5.65 Å². The lowest BCUT2D eigenvalue weighted by Crippen LogP contribution is -2.23. The average molecular weight is 545 g/mol. The molecule has 0 spiro atoms. The second kappa shape index (κ2) is 10.3. The van der Waals surface area contributed by atoms with E-state index in [1.807, 2.05) is 55.5 Å². The van der Waals surface area contributed by atoms with Gasteiger partial charge in [-0.2, -0.15) is 5.10 Å². The van der Waals surface area contributed by atoms with Gasteiger partial charge in [-0.15, -0.1) is 0 Å². The number of pyridine rings is 1. The number of amides is 1. The topological polar surface area (TPSA) is 79.9 Å². The van der Waals surface area contributed by atoms with Gasteiger partial charge in [0.05, 0.1) is 28.9 Å². The number of aromatic nitrogens is 3. The van der Waals surface area contributed by atoms with Crippen LogP contribution in [0.3, 0.4) is 0 Å². The number of nitrogens with one attached hydrogen (secondary N) is 2. The van der Waals surface area contributed by atoms with Crippen LogP contribution in [-0.2, 0) is 6.54 Å². The molecule has 0 bridgehead atoms. The highest BCUT2D eigenvalue weighted by molar-refractivity contribution is 9.10. The number of ether oxygens (including phenoxy) is 1. The second-order valence-corrected chi connectivity index (χ2v) is 9.04. The van der Waals surface area contributed by atoms with Crippen molar-refractivity contribution in [3.63, 3.8) is 0 Å². The predicted octanol–water partition coefficient (Wildman–Crippen LogP) is 6.52. The molecule has 2 N–H and O–H groups in total. The minimum atomic E-state index is -0.321. The number of carbonyl (C=O) groups is 1. The van der Waals surface area contributed by atoms with Gasteiger partial charge in [-0.1, -0.05) is 40.2 Å². The fourth-order valence-corrected chi connectivity index (χ4v) is 4.21. The van der Waals surface area contributed by atoms with Crippen LogP contribution in [0.15, 0.2) is 83.3 Å². The highest BCUT2D eigenvalue weighted by Gasteiger charge is 2.20. The Labute approximate surface area is 215 Å². The van der Waals surface area contributed by atoms with E-state index in [0.29, 0.717) is 34.6 Å². The summed E-state index contributed by atoms with van der Waals surface area (Å²) >= 11 is 3.46. The Morgan fingerprint density at radius 2 is 1.69 bits per heavy atom. The summed E-state index contributed by atoms with van der Waals surface area (Å²) < 4.78 is 19.8. The van der Waals surface area contributed by atoms with E-state index in [2.05, 4.69) is 31.4 Å². The summed E-state index contributed by atoms with van der Waals surface area (Å²) in [4.78, 5) is 18.2. The number of carbonyl (C=O) groups excluding carboxylic acids is 1. The molecule has 6 nitrogen and oxygen atoms in total. The van der Waals surface area contributed by atoms with Crippen LogP contribution in [0.5, 0.6) is 5.75 Å². The van der Waals surface area contributed by atoms with Crippen LogP contribution in [0.2, 0.25) is 0 Å². The summed E-state index contributed by atoms with van der Waals surface area (Å²) in [6.07, 6.45) is 0. The first-order valence-corrected chi connectivity index (χ1v) is 12.2. The molecule has 0 atom stereocenters. The van der Waals surface area contributed by atoms with E-state index in [1.165, 1.54) is 12.1 Å². The Kier molecular flexibility index (Phi) is 6.77. The molecule has 5 aromatic rings. The zero-order chi connectivity index (χ0) is 25.1. The Morgan fingerprint density at radius 3 is 2.39 bits per heavy atom. The number of aromatic amines is 1. The lowest BCUT2D eigenvalue weighted by Gasteiger charge is -2.10. The third-order valence-electron chi connectivity index (χ3n) is 5.73. The maximum Gasteiger partial charge on any atom is 0.252 e. The summed E-state index contributed by atoms with van der Waals surface area (Å²) in [6, 6.07) is 23.1. The van der Waals surface area contributed by atoms with Crippen molar-refractivity contribution >= 4 is 32.9 Å². The van der Waals surface area contributed by atoms with E-state index in [4.69, 9.17) is 9.72 Å². The van der Waals surface area contributed by atoms with Crippen molar-refractivity contribution in [3.8, 4) is 28.3 Å². The predicted molar refractivity (Wildman–Crippen MR) is 141 cm³/mol. The third-order valence-corrected chi connectivity index (χ3v) is 6.26. The van der Waals surface area contributed by atoms with Gasteiger partial charge in [-0.25, -0.2) is 9.37 Å². The average Bonchev–Trinajstić information content (AvgIpc) is 3.33. The highest BCUT2D eigenvalue weighted by Crippen LogP contribution is 2.32. The van der Waals surface area contributed by atoms with Crippen LogP contribution in [0, 0.1) is 5.82 Å². The van der Waals surface area contributed by atoms with E-state index in [-0.39, 0.29) is 18.3 Å². The number of H-pyrrole nitrogens is 1. The van der Waals surface area contributed by atoms with E-state index >= 15 is 0 Å². The van der Waals surface area contributed by atoms with Crippen LogP contribution < -0.4 is 10.1 Å². The standard InChI is InChI=1S/C28H22BrFN4O2/c1-2-36-22-13-7-18(8-14-22)24-15-23(28(35)31-16-17-3-11-21(30)12-4-17)25-26(33-34-27(25)32-24)19-5-9-20(29)10-6-19/h3-15H,2,16H2,1H3,(H,31,35)(H,32,33,34). The molecule has 0 radical (unpaired) electrons. The van der Waals surface area contributed by atoms with Gasteiger partial charge < -0.3 is 10.1 Å². The van der Waals surface area contributed by atoms with E-state index in [9.17, 15) is 9.18 Å². The molecule has 0 saturated carbocycles. The first-order valence-electron chi connectivity index (χ1n) is 11.4. The molecule has 2 aromatic heterocycles. The third kappa shape index (κ3) is 4.99. The van der Waals surface area contributed by atoms with Gasteiger partial charge in [-0.3, -0.25) is 9.89 Å². The van der Waals surface area contributed by atoms with Crippen molar-refractivity contribution in [2.45, 2.75) is 13.5 Å². The van der Waals surface area contributed by atoms with Crippen molar-refractivity contribution in [1.29, 1.82) is 0 Å².